The number of aliphatic hydroxyl groups is 3. The summed E-state index contributed by atoms with van der Waals surface area (Å²) in [6.45, 7) is -0.799. The Bertz CT molecular complexity index is 365. The predicted molar refractivity (Wildman–Crippen MR) is 54.4 cm³/mol. The van der Waals surface area contributed by atoms with Crippen molar-refractivity contribution in [1.82, 2.24) is 15.2 Å². The number of hydrazine groups is 1. The van der Waals surface area contributed by atoms with Crippen molar-refractivity contribution in [2.24, 2.45) is 5.84 Å². The van der Waals surface area contributed by atoms with Crippen molar-refractivity contribution in [3.05, 3.63) is 0 Å². The third kappa shape index (κ3) is 2.00. The van der Waals surface area contributed by atoms with Crippen molar-refractivity contribution in [1.29, 1.82) is 0 Å². The molecule has 2 unspecified atom stereocenters. The number of carbonyl (C=O) groups is 2. The molecule has 0 spiro atoms. The van der Waals surface area contributed by atoms with Crippen LogP contribution in [0.15, 0.2) is 0 Å². The van der Waals surface area contributed by atoms with Gasteiger partial charge in [0.1, 0.15) is 25.0 Å². The first-order valence-corrected chi connectivity index (χ1v) is 5.22. The molecule has 2 saturated heterocycles. The molecular formula is C8H14N4O6. The quantitative estimate of drug-likeness (QED) is 0.258. The molecule has 0 aromatic rings. The molecule has 0 aromatic heterocycles. The van der Waals surface area contributed by atoms with Crippen LogP contribution in [0.25, 0.3) is 0 Å². The van der Waals surface area contributed by atoms with Gasteiger partial charge in [-0.3, -0.25) is 10.2 Å². The lowest BCUT2D eigenvalue weighted by molar-refractivity contribution is -0.0921. The van der Waals surface area contributed by atoms with Gasteiger partial charge in [0, 0.05) is 0 Å². The van der Waals surface area contributed by atoms with Crippen LogP contribution in [0, 0.1) is 0 Å². The molecule has 0 aromatic carbocycles. The summed E-state index contributed by atoms with van der Waals surface area (Å²) in [5, 5.41) is 30.9. The number of aliphatic hydroxyl groups excluding tert-OH is 3. The molecule has 0 radical (unpaired) electrons. The van der Waals surface area contributed by atoms with E-state index in [1.54, 1.807) is 0 Å². The highest BCUT2D eigenvalue weighted by atomic mass is 16.6. The first kappa shape index (κ1) is 13.0. The molecule has 2 aliphatic rings. The van der Waals surface area contributed by atoms with Crippen LogP contribution in [0.2, 0.25) is 0 Å². The Morgan fingerprint density at radius 1 is 1.33 bits per heavy atom. The average Bonchev–Trinajstić information content (AvgIpc) is 2.61. The largest absolute Gasteiger partial charge is 0.394 e. The Hall–Kier alpha value is -1.46. The van der Waals surface area contributed by atoms with Gasteiger partial charge >= 0.3 is 12.1 Å². The van der Waals surface area contributed by atoms with Crippen molar-refractivity contribution < 1.29 is 29.6 Å². The summed E-state index contributed by atoms with van der Waals surface area (Å²) in [5.74, 6) is 5.32. The van der Waals surface area contributed by atoms with Crippen molar-refractivity contribution in [2.45, 2.75) is 24.5 Å². The van der Waals surface area contributed by atoms with E-state index in [0.29, 0.717) is 0 Å². The van der Waals surface area contributed by atoms with Crippen LogP contribution in [-0.4, -0.2) is 75.1 Å². The van der Waals surface area contributed by atoms with Crippen molar-refractivity contribution in [2.75, 3.05) is 13.3 Å². The van der Waals surface area contributed by atoms with E-state index in [1.807, 2.05) is 5.32 Å². The van der Waals surface area contributed by atoms with Crippen molar-refractivity contribution in [3.63, 3.8) is 0 Å². The van der Waals surface area contributed by atoms with Gasteiger partial charge in [-0.15, -0.1) is 0 Å². The average molecular weight is 262 g/mol. The number of hydrogen-bond acceptors (Lipinski definition) is 7. The van der Waals surface area contributed by atoms with E-state index in [0.717, 1.165) is 9.91 Å². The molecule has 102 valence electrons. The van der Waals surface area contributed by atoms with Gasteiger partial charge in [0.25, 0.3) is 0 Å². The van der Waals surface area contributed by atoms with Crippen LogP contribution >= 0.6 is 0 Å². The van der Waals surface area contributed by atoms with Gasteiger partial charge < -0.3 is 20.1 Å². The number of nitrogens with one attached hydrogen (secondary N) is 1. The van der Waals surface area contributed by atoms with E-state index in [9.17, 15) is 19.8 Å². The third-order valence-corrected chi connectivity index (χ3v) is 2.86. The Kier molecular flexibility index (Phi) is 3.36. The first-order valence-electron chi connectivity index (χ1n) is 5.22. The summed E-state index contributed by atoms with van der Waals surface area (Å²) in [4.78, 5) is 23.6. The third-order valence-electron chi connectivity index (χ3n) is 2.86. The molecule has 18 heavy (non-hydrogen) atoms. The molecule has 4 atom stereocenters. The summed E-state index contributed by atoms with van der Waals surface area (Å²) < 4.78 is 5.15. The molecule has 6 N–H and O–H groups in total. The topological polar surface area (TPSA) is 149 Å². The SMILES string of the molecule is NN1CN([C@H]2O[C@@H](CO)C(O)C2O)C(=O)NC1=O. The summed E-state index contributed by atoms with van der Waals surface area (Å²) in [6, 6.07) is -1.57. The highest BCUT2D eigenvalue weighted by Gasteiger charge is 2.48. The summed E-state index contributed by atoms with van der Waals surface area (Å²) in [6.07, 6.45) is -4.90. The fourth-order valence-electron chi connectivity index (χ4n) is 1.86. The van der Waals surface area contributed by atoms with E-state index >= 15 is 0 Å². The first-order chi connectivity index (χ1) is 8.45. The molecule has 10 heteroatoms. The van der Waals surface area contributed by atoms with Crippen LogP contribution in [-0.2, 0) is 4.74 Å². The Morgan fingerprint density at radius 2 is 2.00 bits per heavy atom. The highest BCUT2D eigenvalue weighted by Crippen LogP contribution is 2.24. The lowest BCUT2D eigenvalue weighted by atomic mass is 10.1. The number of carbonyl (C=O) groups excluding carboxylic acids is 2. The van der Waals surface area contributed by atoms with Crippen LogP contribution < -0.4 is 11.2 Å². The van der Waals surface area contributed by atoms with Gasteiger partial charge in [-0.2, -0.15) is 0 Å². The second-order valence-corrected chi connectivity index (χ2v) is 4.05. The number of nitrogens with two attached hydrogens (primary N) is 1. The second kappa shape index (κ2) is 4.66. The molecule has 0 bridgehead atoms. The zero-order valence-corrected chi connectivity index (χ0v) is 9.26. The van der Waals surface area contributed by atoms with Gasteiger partial charge in [0.2, 0.25) is 0 Å². The Morgan fingerprint density at radius 3 is 2.56 bits per heavy atom. The van der Waals surface area contributed by atoms with Gasteiger partial charge in [-0.1, -0.05) is 0 Å². The van der Waals surface area contributed by atoms with E-state index in [-0.39, 0.29) is 6.67 Å². The fraction of sp³-hybridized carbons (Fsp3) is 0.750. The van der Waals surface area contributed by atoms with Gasteiger partial charge in [0.05, 0.1) is 6.61 Å². The monoisotopic (exact) mass is 262 g/mol. The minimum atomic E-state index is -1.39. The number of amides is 4. The van der Waals surface area contributed by atoms with E-state index in [1.165, 1.54) is 0 Å². The maximum Gasteiger partial charge on any atom is 0.341 e. The zero-order chi connectivity index (χ0) is 13.4. The number of nitrogens with zero attached hydrogens (tertiary/aromatic N) is 2. The molecule has 2 heterocycles. The van der Waals surface area contributed by atoms with Crippen LogP contribution in [0.3, 0.4) is 0 Å². The number of hydrogen-bond donors (Lipinski definition) is 5. The van der Waals surface area contributed by atoms with E-state index < -0.39 is 43.2 Å². The summed E-state index contributed by atoms with van der Waals surface area (Å²) in [5.41, 5.74) is 0. The lowest BCUT2D eigenvalue weighted by Gasteiger charge is -2.36. The summed E-state index contributed by atoms with van der Waals surface area (Å²) >= 11 is 0. The lowest BCUT2D eigenvalue weighted by Crippen LogP contribution is -2.65. The van der Waals surface area contributed by atoms with Crippen LogP contribution in [0.1, 0.15) is 0 Å². The molecular weight excluding hydrogens is 248 g/mol. The smallest absolute Gasteiger partial charge is 0.341 e. The van der Waals surface area contributed by atoms with Crippen LogP contribution in [0.5, 0.6) is 0 Å². The van der Waals surface area contributed by atoms with E-state index in [4.69, 9.17) is 15.7 Å². The molecule has 0 saturated carbocycles. The minimum Gasteiger partial charge on any atom is -0.394 e. The maximum atomic E-state index is 11.6. The second-order valence-electron chi connectivity index (χ2n) is 4.05. The Labute approximate surface area is 101 Å². The maximum absolute atomic E-state index is 11.6. The van der Waals surface area contributed by atoms with Gasteiger partial charge in [-0.25, -0.2) is 20.4 Å². The van der Waals surface area contributed by atoms with Gasteiger partial charge in [-0.05, 0) is 0 Å². The number of urea groups is 2. The van der Waals surface area contributed by atoms with E-state index in [2.05, 4.69) is 0 Å². The summed E-state index contributed by atoms with van der Waals surface area (Å²) in [7, 11) is 0. The number of rotatable bonds is 2. The number of ether oxygens (including phenoxy) is 1. The molecule has 2 aliphatic heterocycles. The molecule has 0 aliphatic carbocycles. The molecule has 4 amide bonds. The van der Waals surface area contributed by atoms with Gasteiger partial charge in [0.15, 0.2) is 6.23 Å². The molecule has 2 fully saturated rings. The molecule has 2 rings (SSSR count). The normalized spacial score (nSPS) is 37.1. The van der Waals surface area contributed by atoms with Crippen molar-refractivity contribution in [3.8, 4) is 0 Å². The Balaban J connectivity index is 2.12. The minimum absolute atomic E-state index is 0.294. The molecule has 10 nitrogen and oxygen atoms in total. The number of imide groups is 1. The standard InChI is InChI=1S/C8H14N4O6/c9-12-2-11(7(16)10-8(12)17)6-5(15)4(14)3(1-13)18-6/h3-6,13-15H,1-2,9H2,(H,10,16,17)/t3-,4?,5?,6-/m0/s1. The fourth-order valence-corrected chi connectivity index (χ4v) is 1.86. The van der Waals surface area contributed by atoms with Crippen molar-refractivity contribution >= 4 is 12.1 Å². The highest BCUT2D eigenvalue weighted by molar-refractivity contribution is 5.95. The zero-order valence-electron chi connectivity index (χ0n) is 9.26. The predicted octanol–water partition coefficient (Wildman–Crippen LogP) is -3.30. The van der Waals surface area contributed by atoms with Crippen LogP contribution in [0.4, 0.5) is 9.59 Å².